The molecule has 1 saturated heterocycles. The van der Waals surface area contributed by atoms with Crippen molar-refractivity contribution in [1.29, 1.82) is 0 Å². The van der Waals surface area contributed by atoms with Gasteiger partial charge in [0, 0.05) is 18.7 Å². The summed E-state index contributed by atoms with van der Waals surface area (Å²) in [6, 6.07) is 2.14. The van der Waals surface area contributed by atoms with Crippen molar-refractivity contribution >= 4 is 12.0 Å². The second-order valence-electron chi connectivity index (χ2n) is 5.68. The first-order valence-corrected chi connectivity index (χ1v) is 7.65. The summed E-state index contributed by atoms with van der Waals surface area (Å²) in [5.74, 6) is -2.40. The number of nitrogens with one attached hydrogen (secondary N) is 1. The molecule has 1 atom stereocenters. The summed E-state index contributed by atoms with van der Waals surface area (Å²) in [5, 5.41) is 11.7. The number of carbonyl (C=O) groups excluding carboxylic acids is 1. The Hall–Kier alpha value is -2.18. The first-order chi connectivity index (χ1) is 10.9. The van der Waals surface area contributed by atoms with Crippen LogP contribution >= 0.6 is 0 Å². The highest BCUT2D eigenvalue weighted by Crippen LogP contribution is 2.23. The van der Waals surface area contributed by atoms with E-state index in [1.165, 1.54) is 4.90 Å². The first kappa shape index (κ1) is 17.2. The van der Waals surface area contributed by atoms with Crippen LogP contribution in [0.3, 0.4) is 0 Å². The number of hydrogen-bond acceptors (Lipinski definition) is 2. The van der Waals surface area contributed by atoms with E-state index in [-0.39, 0.29) is 11.6 Å². The topological polar surface area (TPSA) is 69.6 Å². The smallest absolute Gasteiger partial charge is 0.317 e. The van der Waals surface area contributed by atoms with Gasteiger partial charge in [-0.15, -0.1) is 0 Å². The van der Waals surface area contributed by atoms with Gasteiger partial charge in [-0.3, -0.25) is 4.79 Å². The maximum atomic E-state index is 13.8. The van der Waals surface area contributed by atoms with E-state index in [0.717, 1.165) is 18.2 Å². The molecule has 1 heterocycles. The van der Waals surface area contributed by atoms with Crippen LogP contribution in [0.2, 0.25) is 0 Å². The quantitative estimate of drug-likeness (QED) is 0.894. The molecule has 23 heavy (non-hydrogen) atoms. The summed E-state index contributed by atoms with van der Waals surface area (Å²) < 4.78 is 27.2. The van der Waals surface area contributed by atoms with Crippen LogP contribution in [-0.4, -0.2) is 35.1 Å². The van der Waals surface area contributed by atoms with Crippen LogP contribution in [-0.2, 0) is 4.79 Å². The van der Waals surface area contributed by atoms with E-state index in [9.17, 15) is 18.4 Å². The third-order valence-electron chi connectivity index (χ3n) is 4.17. The van der Waals surface area contributed by atoms with Gasteiger partial charge in [0.2, 0.25) is 0 Å². The fourth-order valence-electron chi connectivity index (χ4n) is 2.75. The van der Waals surface area contributed by atoms with E-state index in [1.54, 1.807) is 6.92 Å². The van der Waals surface area contributed by atoms with E-state index in [4.69, 9.17) is 5.11 Å². The van der Waals surface area contributed by atoms with Gasteiger partial charge in [-0.05, 0) is 37.5 Å². The second-order valence-corrected chi connectivity index (χ2v) is 5.68. The van der Waals surface area contributed by atoms with E-state index >= 15 is 0 Å². The van der Waals surface area contributed by atoms with E-state index < -0.39 is 29.6 Å². The largest absolute Gasteiger partial charge is 0.481 e. The molecule has 0 spiro atoms. The third kappa shape index (κ3) is 4.18. The number of carboxylic acids is 1. The van der Waals surface area contributed by atoms with Gasteiger partial charge < -0.3 is 15.3 Å². The number of piperidine rings is 1. The average molecular weight is 326 g/mol. The number of amides is 2. The maximum Gasteiger partial charge on any atom is 0.317 e. The molecular formula is C16H20F2N2O3. The summed E-state index contributed by atoms with van der Waals surface area (Å²) in [7, 11) is 0. The first-order valence-electron chi connectivity index (χ1n) is 7.65. The van der Waals surface area contributed by atoms with Crippen molar-refractivity contribution in [2.45, 2.75) is 32.2 Å². The summed E-state index contributed by atoms with van der Waals surface area (Å²) in [6.07, 6.45) is 1.21. The summed E-state index contributed by atoms with van der Waals surface area (Å²) in [5.41, 5.74) is 0.112. The summed E-state index contributed by atoms with van der Waals surface area (Å²) >= 11 is 0. The van der Waals surface area contributed by atoms with Gasteiger partial charge in [-0.1, -0.05) is 6.92 Å². The number of carboxylic acid groups (broad SMARTS) is 1. The minimum atomic E-state index is -0.849. The molecule has 126 valence electrons. The van der Waals surface area contributed by atoms with E-state index in [2.05, 4.69) is 5.32 Å². The molecule has 1 unspecified atom stereocenters. The number of likely N-dealkylation sites (tertiary alicyclic amines) is 1. The van der Waals surface area contributed by atoms with Crippen molar-refractivity contribution in [2.24, 2.45) is 5.92 Å². The van der Waals surface area contributed by atoms with E-state index in [0.29, 0.717) is 32.4 Å². The predicted octanol–water partition coefficient (Wildman–Crippen LogP) is 2.92. The number of hydrogen-bond donors (Lipinski definition) is 2. The molecule has 1 aromatic rings. The van der Waals surface area contributed by atoms with Crippen LogP contribution in [0.5, 0.6) is 0 Å². The van der Waals surface area contributed by atoms with Crippen LogP contribution in [0.1, 0.15) is 37.8 Å². The molecule has 7 heteroatoms. The Balaban J connectivity index is 2.00. The number of urea groups is 1. The lowest BCUT2D eigenvalue weighted by atomic mass is 9.97. The molecule has 2 N–H and O–H groups in total. The highest BCUT2D eigenvalue weighted by Gasteiger charge is 2.28. The van der Waals surface area contributed by atoms with Crippen molar-refractivity contribution in [1.82, 2.24) is 10.2 Å². The fourth-order valence-corrected chi connectivity index (χ4v) is 2.75. The fraction of sp³-hybridized carbons (Fsp3) is 0.500. The van der Waals surface area contributed by atoms with Crippen molar-refractivity contribution in [2.75, 3.05) is 13.1 Å². The molecule has 1 aromatic carbocycles. The number of carbonyl (C=O) groups is 2. The normalized spacial score (nSPS) is 16.9. The highest BCUT2D eigenvalue weighted by molar-refractivity contribution is 5.75. The average Bonchev–Trinajstić information content (AvgIpc) is 2.55. The Kier molecular flexibility index (Phi) is 5.52. The minimum absolute atomic E-state index is 0.112. The molecule has 2 rings (SSSR count). The number of nitrogens with zero attached hydrogens (tertiary/aromatic N) is 1. The molecule has 1 aliphatic heterocycles. The maximum absolute atomic E-state index is 13.8. The molecule has 0 aromatic heterocycles. The third-order valence-corrected chi connectivity index (χ3v) is 4.17. The molecule has 1 aliphatic rings. The van der Waals surface area contributed by atoms with Gasteiger partial charge >= 0.3 is 12.0 Å². The van der Waals surface area contributed by atoms with Crippen LogP contribution in [0.15, 0.2) is 18.2 Å². The van der Waals surface area contributed by atoms with Crippen molar-refractivity contribution in [3.8, 4) is 0 Å². The standard InChI is InChI=1S/C16H20F2N2O3/c1-2-14(12-9-11(17)3-4-13(12)18)19-16(23)20-7-5-10(6-8-20)15(21)22/h3-4,9-10,14H,2,5-8H2,1H3,(H,19,23)(H,21,22). The molecule has 0 bridgehead atoms. The van der Waals surface area contributed by atoms with Gasteiger partial charge in [0.25, 0.3) is 0 Å². The van der Waals surface area contributed by atoms with Gasteiger partial charge in [-0.2, -0.15) is 0 Å². The Bertz CT molecular complexity index is 587. The Morgan fingerprint density at radius 3 is 2.57 bits per heavy atom. The predicted molar refractivity (Wildman–Crippen MR) is 79.9 cm³/mol. The van der Waals surface area contributed by atoms with Crippen molar-refractivity contribution in [3.63, 3.8) is 0 Å². The summed E-state index contributed by atoms with van der Waals surface area (Å²) in [4.78, 5) is 24.7. The number of benzene rings is 1. The Labute approximate surface area is 133 Å². The zero-order valence-electron chi connectivity index (χ0n) is 12.9. The van der Waals surface area contributed by atoms with Crippen molar-refractivity contribution in [3.05, 3.63) is 35.4 Å². The lowest BCUT2D eigenvalue weighted by molar-refractivity contribution is -0.143. The van der Waals surface area contributed by atoms with Crippen molar-refractivity contribution < 1.29 is 23.5 Å². The molecule has 0 aliphatic carbocycles. The van der Waals surface area contributed by atoms with Gasteiger partial charge in [-0.25, -0.2) is 13.6 Å². The molecular weight excluding hydrogens is 306 g/mol. The Morgan fingerprint density at radius 2 is 2.00 bits per heavy atom. The number of aliphatic carboxylic acids is 1. The zero-order valence-corrected chi connectivity index (χ0v) is 12.9. The molecule has 0 radical (unpaired) electrons. The number of halogens is 2. The molecule has 1 fully saturated rings. The SMILES string of the molecule is CCC(NC(=O)N1CCC(C(=O)O)CC1)c1cc(F)ccc1F. The molecule has 0 saturated carbocycles. The van der Waals surface area contributed by atoms with Crippen LogP contribution in [0.4, 0.5) is 13.6 Å². The Morgan fingerprint density at radius 1 is 1.35 bits per heavy atom. The second kappa shape index (κ2) is 7.39. The summed E-state index contributed by atoms with van der Waals surface area (Å²) in [6.45, 7) is 2.45. The molecule has 2 amide bonds. The van der Waals surface area contributed by atoms with Crippen LogP contribution in [0.25, 0.3) is 0 Å². The monoisotopic (exact) mass is 326 g/mol. The van der Waals surface area contributed by atoms with Gasteiger partial charge in [0.05, 0.1) is 12.0 Å². The lowest BCUT2D eigenvalue weighted by Gasteiger charge is -2.31. The minimum Gasteiger partial charge on any atom is -0.481 e. The van der Waals surface area contributed by atoms with E-state index in [1.807, 2.05) is 0 Å². The highest BCUT2D eigenvalue weighted by atomic mass is 19.1. The zero-order chi connectivity index (χ0) is 17.0. The van der Waals surface area contributed by atoms with Crippen LogP contribution in [0, 0.1) is 17.6 Å². The van der Waals surface area contributed by atoms with Gasteiger partial charge in [0.15, 0.2) is 0 Å². The number of rotatable bonds is 4. The van der Waals surface area contributed by atoms with Crippen LogP contribution < -0.4 is 5.32 Å². The lowest BCUT2D eigenvalue weighted by Crippen LogP contribution is -2.46. The van der Waals surface area contributed by atoms with Gasteiger partial charge in [0.1, 0.15) is 11.6 Å². The molecule has 5 nitrogen and oxygen atoms in total.